The van der Waals surface area contributed by atoms with Crippen molar-refractivity contribution in [2.75, 3.05) is 58.3 Å². The van der Waals surface area contributed by atoms with Crippen LogP contribution < -0.4 is 4.90 Å². The van der Waals surface area contributed by atoms with Crippen molar-refractivity contribution in [1.29, 1.82) is 0 Å². The minimum atomic E-state index is 1.06. The molecule has 3 heteroatoms. The van der Waals surface area contributed by atoms with Crippen molar-refractivity contribution in [2.45, 2.75) is 6.92 Å². The van der Waals surface area contributed by atoms with Crippen molar-refractivity contribution in [3.8, 4) is 0 Å². The zero-order valence-corrected chi connectivity index (χ0v) is 13.0. The molecule has 1 aromatic carbocycles. The topological polar surface area (TPSA) is 9.72 Å². The van der Waals surface area contributed by atoms with Crippen LogP contribution in [0.5, 0.6) is 0 Å². The highest BCUT2D eigenvalue weighted by Crippen LogP contribution is 2.13. The molecule has 1 saturated heterocycles. The maximum atomic E-state index is 2.52. The molecule has 0 radical (unpaired) electrons. The van der Waals surface area contributed by atoms with Crippen molar-refractivity contribution in [1.82, 2.24) is 9.80 Å². The second-order valence-corrected chi connectivity index (χ2v) is 5.62. The molecule has 110 valence electrons. The van der Waals surface area contributed by atoms with Gasteiger partial charge in [-0.15, -0.1) is 0 Å². The van der Waals surface area contributed by atoms with Crippen LogP contribution in [-0.2, 0) is 0 Å². The predicted octanol–water partition coefficient (Wildman–Crippen LogP) is 2.40. The molecule has 1 aromatic rings. The third kappa shape index (κ3) is 4.36. The Bertz CT molecular complexity index is 414. The highest BCUT2D eigenvalue weighted by Gasteiger charge is 2.13. The van der Waals surface area contributed by atoms with Gasteiger partial charge in [-0.25, -0.2) is 0 Å². The van der Waals surface area contributed by atoms with Gasteiger partial charge in [-0.05, 0) is 24.2 Å². The smallest absolute Gasteiger partial charge is 0.0361 e. The van der Waals surface area contributed by atoms with Gasteiger partial charge in [0.05, 0.1) is 0 Å². The molecule has 0 unspecified atom stereocenters. The largest absolute Gasteiger partial charge is 0.378 e. The second-order valence-electron chi connectivity index (χ2n) is 5.62. The lowest BCUT2D eigenvalue weighted by Crippen LogP contribution is -2.45. The minimum absolute atomic E-state index is 1.06. The summed E-state index contributed by atoms with van der Waals surface area (Å²) in [4.78, 5) is 7.16. The van der Waals surface area contributed by atoms with Crippen molar-refractivity contribution < 1.29 is 0 Å². The van der Waals surface area contributed by atoms with E-state index in [4.69, 9.17) is 0 Å². The van der Waals surface area contributed by atoms with E-state index in [1.165, 1.54) is 44.0 Å². The van der Waals surface area contributed by atoms with Gasteiger partial charge in [-0.2, -0.15) is 0 Å². The van der Waals surface area contributed by atoms with Gasteiger partial charge >= 0.3 is 0 Å². The highest BCUT2D eigenvalue weighted by molar-refractivity contribution is 5.55. The third-order valence-electron chi connectivity index (χ3n) is 4.00. The van der Waals surface area contributed by atoms with Crippen LogP contribution in [0.2, 0.25) is 0 Å². The number of rotatable bonds is 5. The predicted molar refractivity (Wildman–Crippen MR) is 88.4 cm³/mol. The lowest BCUT2D eigenvalue weighted by molar-refractivity contribution is 0.148. The van der Waals surface area contributed by atoms with Crippen LogP contribution in [0.15, 0.2) is 30.3 Å². The molecule has 1 aliphatic rings. The molecule has 0 atom stereocenters. The Morgan fingerprint density at radius 1 is 1.00 bits per heavy atom. The van der Waals surface area contributed by atoms with E-state index in [9.17, 15) is 0 Å². The summed E-state index contributed by atoms with van der Waals surface area (Å²) in [5, 5.41) is 0. The summed E-state index contributed by atoms with van der Waals surface area (Å²) in [7, 11) is 4.14. The SMILES string of the molecule is CCN1CCN(C/C=C\c2ccc(N(C)C)cc2)CC1. The zero-order chi connectivity index (χ0) is 14.4. The van der Waals surface area contributed by atoms with E-state index in [1.807, 2.05) is 0 Å². The fourth-order valence-electron chi connectivity index (χ4n) is 2.51. The monoisotopic (exact) mass is 273 g/mol. The number of piperazine rings is 1. The van der Waals surface area contributed by atoms with Crippen molar-refractivity contribution in [2.24, 2.45) is 0 Å². The zero-order valence-electron chi connectivity index (χ0n) is 13.0. The van der Waals surface area contributed by atoms with Crippen LogP contribution >= 0.6 is 0 Å². The first-order valence-corrected chi connectivity index (χ1v) is 7.57. The Labute approximate surface area is 123 Å². The molecule has 0 spiro atoms. The van der Waals surface area contributed by atoms with E-state index < -0.39 is 0 Å². The van der Waals surface area contributed by atoms with Crippen molar-refractivity contribution >= 4 is 11.8 Å². The normalized spacial score (nSPS) is 17.8. The molecule has 2 rings (SSSR count). The van der Waals surface area contributed by atoms with Gasteiger partial charge in [0.2, 0.25) is 0 Å². The van der Waals surface area contributed by atoms with Crippen LogP contribution in [0, 0.1) is 0 Å². The lowest BCUT2D eigenvalue weighted by atomic mass is 10.2. The van der Waals surface area contributed by atoms with Gasteiger partial charge in [-0.1, -0.05) is 31.2 Å². The van der Waals surface area contributed by atoms with Crippen LogP contribution in [0.4, 0.5) is 5.69 Å². The van der Waals surface area contributed by atoms with Crippen molar-refractivity contribution in [3.05, 3.63) is 35.9 Å². The van der Waals surface area contributed by atoms with Crippen LogP contribution in [0.1, 0.15) is 12.5 Å². The van der Waals surface area contributed by atoms with E-state index in [-0.39, 0.29) is 0 Å². The number of likely N-dealkylation sites (N-methyl/N-ethyl adjacent to an activating group) is 1. The average Bonchev–Trinajstić information content (AvgIpc) is 2.48. The summed E-state index contributed by atoms with van der Waals surface area (Å²) in [5.41, 5.74) is 2.53. The number of hydrogen-bond acceptors (Lipinski definition) is 3. The Morgan fingerprint density at radius 2 is 1.60 bits per heavy atom. The van der Waals surface area contributed by atoms with Crippen molar-refractivity contribution in [3.63, 3.8) is 0 Å². The van der Waals surface area contributed by atoms with Crippen LogP contribution in [0.25, 0.3) is 6.08 Å². The first-order valence-electron chi connectivity index (χ1n) is 7.57. The number of benzene rings is 1. The first-order chi connectivity index (χ1) is 9.69. The van der Waals surface area contributed by atoms with E-state index in [1.54, 1.807) is 0 Å². The molecule has 0 aromatic heterocycles. The molecule has 1 aliphatic heterocycles. The number of anilines is 1. The van der Waals surface area contributed by atoms with E-state index in [0.29, 0.717) is 0 Å². The maximum Gasteiger partial charge on any atom is 0.0361 e. The number of nitrogens with zero attached hydrogens (tertiary/aromatic N) is 3. The Balaban J connectivity index is 1.79. The maximum absolute atomic E-state index is 2.52. The summed E-state index contributed by atoms with van der Waals surface area (Å²) in [5.74, 6) is 0. The van der Waals surface area contributed by atoms with Gasteiger partial charge in [0.15, 0.2) is 0 Å². The van der Waals surface area contributed by atoms with Gasteiger partial charge < -0.3 is 9.80 Å². The fraction of sp³-hybridized carbons (Fsp3) is 0.529. The molecule has 0 saturated carbocycles. The molecule has 0 N–H and O–H groups in total. The second kappa shape index (κ2) is 7.46. The fourth-order valence-corrected chi connectivity index (χ4v) is 2.51. The highest BCUT2D eigenvalue weighted by atomic mass is 15.2. The summed E-state index contributed by atoms with van der Waals surface area (Å²) < 4.78 is 0. The number of hydrogen-bond donors (Lipinski definition) is 0. The van der Waals surface area contributed by atoms with Crippen LogP contribution in [0.3, 0.4) is 0 Å². The molecule has 1 heterocycles. The Kier molecular flexibility index (Phi) is 5.62. The first kappa shape index (κ1) is 15.1. The van der Waals surface area contributed by atoms with Gasteiger partial charge in [0, 0.05) is 52.5 Å². The van der Waals surface area contributed by atoms with Crippen LogP contribution in [-0.4, -0.2) is 63.2 Å². The van der Waals surface area contributed by atoms with E-state index in [0.717, 1.165) is 6.54 Å². The Hall–Kier alpha value is -1.32. The Morgan fingerprint density at radius 3 is 2.15 bits per heavy atom. The van der Waals surface area contributed by atoms with E-state index >= 15 is 0 Å². The molecular formula is C17H27N3. The quantitative estimate of drug-likeness (QED) is 0.815. The molecule has 3 nitrogen and oxygen atoms in total. The molecular weight excluding hydrogens is 246 g/mol. The third-order valence-corrected chi connectivity index (χ3v) is 4.00. The van der Waals surface area contributed by atoms with Gasteiger partial charge in [0.1, 0.15) is 0 Å². The average molecular weight is 273 g/mol. The summed E-state index contributed by atoms with van der Waals surface area (Å²) in [6, 6.07) is 8.70. The molecule has 0 bridgehead atoms. The summed E-state index contributed by atoms with van der Waals surface area (Å²) in [6.07, 6.45) is 4.51. The lowest BCUT2D eigenvalue weighted by Gasteiger charge is -2.33. The molecule has 1 fully saturated rings. The van der Waals surface area contributed by atoms with E-state index in [2.05, 4.69) is 72.1 Å². The standard InChI is InChI=1S/C17H27N3/c1-4-19-12-14-20(15-13-19)11-5-6-16-7-9-17(10-8-16)18(2)3/h5-10H,4,11-15H2,1-3H3/b6-5-. The van der Waals surface area contributed by atoms with Gasteiger partial charge in [-0.3, -0.25) is 4.90 Å². The summed E-state index contributed by atoms with van der Waals surface area (Å²) >= 11 is 0. The minimum Gasteiger partial charge on any atom is -0.378 e. The molecule has 20 heavy (non-hydrogen) atoms. The molecule has 0 amide bonds. The van der Waals surface area contributed by atoms with Gasteiger partial charge in [0.25, 0.3) is 0 Å². The summed E-state index contributed by atoms with van der Waals surface area (Å²) in [6.45, 7) is 9.29. The molecule has 0 aliphatic carbocycles.